The molecule has 1 atom stereocenters. The first-order valence-corrected chi connectivity index (χ1v) is 7.62. The van der Waals surface area contributed by atoms with Crippen molar-refractivity contribution >= 4 is 5.52 Å². The number of aryl methyl sites for hydroxylation is 2. The number of imidazole rings is 1. The highest BCUT2D eigenvalue weighted by Crippen LogP contribution is 2.28. The van der Waals surface area contributed by atoms with Gasteiger partial charge in [-0.3, -0.25) is 4.40 Å². The van der Waals surface area contributed by atoms with Gasteiger partial charge in [-0.15, -0.1) is 0 Å². The third-order valence-corrected chi connectivity index (χ3v) is 4.39. The topological polar surface area (TPSA) is 33.4 Å². The normalized spacial score (nSPS) is 20.9. The van der Waals surface area contributed by atoms with Crippen molar-refractivity contribution in [2.75, 3.05) is 13.1 Å². The van der Waals surface area contributed by atoms with Crippen LogP contribution in [0.1, 0.15) is 49.9 Å². The Balaban J connectivity index is 2.02. The van der Waals surface area contributed by atoms with E-state index in [9.17, 15) is 0 Å². The van der Waals surface area contributed by atoms with Crippen molar-refractivity contribution in [1.29, 1.82) is 0 Å². The third-order valence-electron chi connectivity index (χ3n) is 4.39. The lowest BCUT2D eigenvalue weighted by atomic mass is 9.96. The van der Waals surface area contributed by atoms with Crippen LogP contribution in [0.15, 0.2) is 12.3 Å². The second-order valence-corrected chi connectivity index (χ2v) is 6.25. The Morgan fingerprint density at radius 1 is 1.30 bits per heavy atom. The Morgan fingerprint density at radius 3 is 2.85 bits per heavy atom. The molecule has 0 N–H and O–H groups in total. The third kappa shape index (κ3) is 2.33. The minimum atomic E-state index is 0.515. The first kappa shape index (κ1) is 13.6. The summed E-state index contributed by atoms with van der Waals surface area (Å²) < 4.78 is 2.24. The Kier molecular flexibility index (Phi) is 3.50. The van der Waals surface area contributed by atoms with Gasteiger partial charge in [0.15, 0.2) is 0 Å². The fourth-order valence-corrected chi connectivity index (χ4v) is 3.30. The molecule has 3 rings (SSSR count). The molecule has 0 bridgehead atoms. The van der Waals surface area contributed by atoms with Gasteiger partial charge in [-0.25, -0.2) is 9.97 Å². The Hall–Kier alpha value is -1.42. The van der Waals surface area contributed by atoms with Crippen LogP contribution in [0.4, 0.5) is 0 Å². The van der Waals surface area contributed by atoms with Gasteiger partial charge < -0.3 is 4.90 Å². The van der Waals surface area contributed by atoms with Gasteiger partial charge in [-0.1, -0.05) is 0 Å². The molecule has 1 aliphatic heterocycles. The lowest BCUT2D eigenvalue weighted by Crippen LogP contribution is -2.39. The van der Waals surface area contributed by atoms with Crippen molar-refractivity contribution in [2.24, 2.45) is 0 Å². The number of likely N-dealkylation sites (tertiary alicyclic amines) is 1. The van der Waals surface area contributed by atoms with Gasteiger partial charge >= 0.3 is 0 Å². The Bertz CT molecular complexity index is 614. The van der Waals surface area contributed by atoms with E-state index in [4.69, 9.17) is 4.98 Å². The van der Waals surface area contributed by atoms with Gasteiger partial charge in [-0.2, -0.15) is 0 Å². The average Bonchev–Trinajstić information content (AvgIpc) is 2.79. The first-order valence-electron chi connectivity index (χ1n) is 7.62. The first-order chi connectivity index (χ1) is 9.56. The molecular weight excluding hydrogens is 248 g/mol. The number of hydrogen-bond acceptors (Lipinski definition) is 3. The van der Waals surface area contributed by atoms with E-state index in [1.807, 2.05) is 6.20 Å². The molecule has 108 valence electrons. The quantitative estimate of drug-likeness (QED) is 0.843. The summed E-state index contributed by atoms with van der Waals surface area (Å²) in [7, 11) is 0. The summed E-state index contributed by atoms with van der Waals surface area (Å²) >= 11 is 0. The van der Waals surface area contributed by atoms with E-state index in [0.29, 0.717) is 12.0 Å². The molecule has 1 aliphatic rings. The number of fused-ring (bicyclic) bond motifs is 1. The Labute approximate surface area is 120 Å². The molecule has 0 spiro atoms. The molecule has 0 aliphatic carbocycles. The molecule has 0 amide bonds. The van der Waals surface area contributed by atoms with Crippen molar-refractivity contribution in [3.05, 3.63) is 29.6 Å². The summed E-state index contributed by atoms with van der Waals surface area (Å²) in [6.45, 7) is 11.0. The fraction of sp³-hybridized carbons (Fsp3) is 0.625. The van der Waals surface area contributed by atoms with E-state index >= 15 is 0 Å². The van der Waals surface area contributed by atoms with Crippen molar-refractivity contribution < 1.29 is 0 Å². The van der Waals surface area contributed by atoms with E-state index in [1.54, 1.807) is 0 Å². The SMILES string of the molecule is Cc1cc2cnc(C)n2c([C@@H]2CCCN(C(C)C)C2)n1. The van der Waals surface area contributed by atoms with Gasteiger partial charge in [0, 0.05) is 24.2 Å². The van der Waals surface area contributed by atoms with E-state index in [-0.39, 0.29) is 0 Å². The van der Waals surface area contributed by atoms with Crippen LogP contribution >= 0.6 is 0 Å². The van der Waals surface area contributed by atoms with Crippen molar-refractivity contribution in [1.82, 2.24) is 19.3 Å². The number of rotatable bonds is 2. The molecule has 20 heavy (non-hydrogen) atoms. The predicted molar refractivity (Wildman–Crippen MR) is 81.1 cm³/mol. The van der Waals surface area contributed by atoms with Crippen LogP contribution in [0.2, 0.25) is 0 Å². The largest absolute Gasteiger partial charge is 0.300 e. The zero-order valence-electron chi connectivity index (χ0n) is 12.9. The predicted octanol–water partition coefficient (Wildman–Crippen LogP) is 2.93. The zero-order chi connectivity index (χ0) is 14.3. The molecule has 4 heteroatoms. The van der Waals surface area contributed by atoms with Crippen LogP contribution in [-0.4, -0.2) is 38.4 Å². The highest BCUT2D eigenvalue weighted by Gasteiger charge is 2.26. The molecule has 0 saturated carbocycles. The maximum Gasteiger partial charge on any atom is 0.119 e. The molecule has 3 heterocycles. The lowest BCUT2D eigenvalue weighted by molar-refractivity contribution is 0.164. The second-order valence-electron chi connectivity index (χ2n) is 6.25. The highest BCUT2D eigenvalue weighted by atomic mass is 15.2. The molecule has 2 aromatic rings. The molecule has 1 fully saturated rings. The maximum atomic E-state index is 4.85. The maximum absolute atomic E-state index is 4.85. The average molecular weight is 272 g/mol. The van der Waals surface area contributed by atoms with Crippen LogP contribution in [-0.2, 0) is 0 Å². The van der Waals surface area contributed by atoms with Gasteiger partial charge in [0.1, 0.15) is 11.6 Å². The van der Waals surface area contributed by atoms with Crippen LogP contribution < -0.4 is 0 Å². The van der Waals surface area contributed by atoms with Crippen LogP contribution in [0.3, 0.4) is 0 Å². The molecular formula is C16H24N4. The van der Waals surface area contributed by atoms with E-state index < -0.39 is 0 Å². The van der Waals surface area contributed by atoms with Gasteiger partial charge in [0.05, 0.1) is 11.7 Å². The van der Waals surface area contributed by atoms with Crippen molar-refractivity contribution in [3.63, 3.8) is 0 Å². The summed E-state index contributed by atoms with van der Waals surface area (Å²) in [5.74, 6) is 2.76. The molecule has 0 aromatic carbocycles. The van der Waals surface area contributed by atoms with E-state index in [2.05, 4.69) is 48.0 Å². The number of hydrogen-bond donors (Lipinski definition) is 0. The smallest absolute Gasteiger partial charge is 0.119 e. The fourth-order valence-electron chi connectivity index (χ4n) is 3.30. The second kappa shape index (κ2) is 5.17. The summed E-state index contributed by atoms with van der Waals surface area (Å²) in [5, 5.41) is 0. The molecule has 2 aromatic heterocycles. The van der Waals surface area contributed by atoms with E-state index in [1.165, 1.54) is 30.7 Å². The van der Waals surface area contributed by atoms with E-state index in [0.717, 1.165) is 18.1 Å². The lowest BCUT2D eigenvalue weighted by Gasteiger charge is -2.35. The van der Waals surface area contributed by atoms with Crippen LogP contribution in [0.5, 0.6) is 0 Å². The molecule has 1 saturated heterocycles. The van der Waals surface area contributed by atoms with Gasteiger partial charge in [0.25, 0.3) is 0 Å². The van der Waals surface area contributed by atoms with Crippen LogP contribution in [0.25, 0.3) is 5.52 Å². The highest BCUT2D eigenvalue weighted by molar-refractivity contribution is 5.48. The van der Waals surface area contributed by atoms with Crippen molar-refractivity contribution in [2.45, 2.75) is 52.5 Å². The van der Waals surface area contributed by atoms with Gasteiger partial charge in [0.2, 0.25) is 0 Å². The number of piperidine rings is 1. The summed E-state index contributed by atoms with van der Waals surface area (Å²) in [5.41, 5.74) is 2.26. The standard InChI is InChI=1S/C16H24N4/c1-11(2)19-7-5-6-14(10-19)16-18-12(3)8-15-9-17-13(4)20(15)16/h8-9,11,14H,5-7,10H2,1-4H3/t14-/m1/s1. The van der Waals surface area contributed by atoms with Crippen molar-refractivity contribution in [3.8, 4) is 0 Å². The monoisotopic (exact) mass is 272 g/mol. The van der Waals surface area contributed by atoms with Crippen LogP contribution in [0, 0.1) is 13.8 Å². The Morgan fingerprint density at radius 2 is 2.10 bits per heavy atom. The minimum absolute atomic E-state index is 0.515. The molecule has 4 nitrogen and oxygen atoms in total. The zero-order valence-corrected chi connectivity index (χ0v) is 12.9. The molecule has 0 unspecified atom stereocenters. The summed E-state index contributed by atoms with van der Waals surface area (Å²) in [6, 6.07) is 2.73. The summed E-state index contributed by atoms with van der Waals surface area (Å²) in [6.07, 6.45) is 4.44. The molecule has 0 radical (unpaired) electrons. The minimum Gasteiger partial charge on any atom is -0.300 e. The number of aromatic nitrogens is 3. The van der Waals surface area contributed by atoms with Gasteiger partial charge in [-0.05, 0) is 53.1 Å². The number of nitrogens with zero attached hydrogens (tertiary/aromatic N) is 4. The summed E-state index contributed by atoms with van der Waals surface area (Å²) in [4.78, 5) is 11.9.